The average molecular weight is 398 g/mol. The molecule has 148 valence electrons. The third-order valence-electron chi connectivity index (χ3n) is 2.75. The number of ether oxygens (including phenoxy) is 1. The minimum Gasteiger partial charge on any atom is -0.460 e. The van der Waals surface area contributed by atoms with Gasteiger partial charge in [-0.25, -0.2) is 9.18 Å². The van der Waals surface area contributed by atoms with Crippen molar-refractivity contribution in [3.63, 3.8) is 0 Å². The van der Waals surface area contributed by atoms with Gasteiger partial charge in [-0.05, 0) is 0 Å². The molecule has 1 atom stereocenters. The van der Waals surface area contributed by atoms with Crippen molar-refractivity contribution in [3.8, 4) is 0 Å². The number of rotatable bonds is 7. The van der Waals surface area contributed by atoms with Crippen LogP contribution < -0.4 is 0 Å². The molecule has 0 aliphatic heterocycles. The van der Waals surface area contributed by atoms with Crippen molar-refractivity contribution < 1.29 is 62.9 Å². The van der Waals surface area contributed by atoms with E-state index in [2.05, 4.69) is 11.3 Å². The van der Waals surface area contributed by atoms with E-state index >= 15 is 0 Å². The van der Waals surface area contributed by atoms with E-state index in [0.29, 0.717) is 6.08 Å². The zero-order chi connectivity index (χ0) is 20.5. The first-order valence-corrected chi connectivity index (χ1v) is 5.90. The fraction of sp³-hybridized carbons (Fsp3) is 0.727. The van der Waals surface area contributed by atoms with Gasteiger partial charge in [-0.15, -0.1) is 0 Å². The van der Waals surface area contributed by atoms with Gasteiger partial charge in [0.25, 0.3) is 0 Å². The van der Waals surface area contributed by atoms with E-state index in [4.69, 9.17) is 5.11 Å². The first kappa shape index (κ1) is 23.4. The highest BCUT2D eigenvalue weighted by atomic mass is 19.4. The standard InChI is InChI=1S/C11H9F11O3/c1-2-6(24)25-4-5(23)3-7(12,13)9(15,16)8(14,10(17,18)19)11(20,21)22/h2,5,23H,1,3-4H2/t5-/m1/s1. The molecule has 0 radical (unpaired) electrons. The second-order valence-electron chi connectivity index (χ2n) is 4.62. The lowest BCUT2D eigenvalue weighted by atomic mass is 9.88. The highest BCUT2D eigenvalue weighted by molar-refractivity contribution is 5.81. The monoisotopic (exact) mass is 398 g/mol. The van der Waals surface area contributed by atoms with E-state index in [0.717, 1.165) is 0 Å². The van der Waals surface area contributed by atoms with Crippen molar-refractivity contribution in [2.45, 2.75) is 42.4 Å². The summed E-state index contributed by atoms with van der Waals surface area (Å²) in [5.74, 6) is -15.0. The van der Waals surface area contributed by atoms with E-state index in [9.17, 15) is 53.1 Å². The molecule has 0 unspecified atom stereocenters. The minimum atomic E-state index is -7.59. The number of aliphatic hydroxyl groups excluding tert-OH is 1. The summed E-state index contributed by atoms with van der Waals surface area (Å²) in [6.45, 7) is 1.32. The van der Waals surface area contributed by atoms with Gasteiger partial charge < -0.3 is 9.84 Å². The number of aliphatic hydroxyl groups is 1. The normalized spacial score (nSPS) is 15.7. The number of carbonyl (C=O) groups is 1. The van der Waals surface area contributed by atoms with Gasteiger partial charge in [-0.3, -0.25) is 0 Å². The maximum atomic E-state index is 13.3. The lowest BCUT2D eigenvalue weighted by Gasteiger charge is -2.40. The van der Waals surface area contributed by atoms with Crippen LogP contribution in [0.25, 0.3) is 0 Å². The molecule has 0 heterocycles. The Balaban J connectivity index is 5.70. The van der Waals surface area contributed by atoms with Crippen LogP contribution in [0.4, 0.5) is 48.3 Å². The molecule has 0 amide bonds. The first-order chi connectivity index (χ1) is 10.8. The third kappa shape index (κ3) is 4.33. The molecule has 0 rings (SSSR count). The maximum absolute atomic E-state index is 13.3. The zero-order valence-electron chi connectivity index (χ0n) is 11.7. The first-order valence-electron chi connectivity index (χ1n) is 5.90. The predicted octanol–water partition coefficient (Wildman–Crippen LogP) is 3.57. The van der Waals surface area contributed by atoms with Crippen LogP contribution >= 0.6 is 0 Å². The summed E-state index contributed by atoms with van der Waals surface area (Å²) in [5, 5.41) is 8.95. The molecule has 0 fully saturated rings. The molecule has 0 saturated heterocycles. The Kier molecular flexibility index (Phi) is 6.51. The number of esters is 1. The van der Waals surface area contributed by atoms with Gasteiger partial charge in [0.05, 0.1) is 6.10 Å². The molecule has 0 aliphatic carbocycles. The van der Waals surface area contributed by atoms with Gasteiger partial charge in [0.2, 0.25) is 0 Å². The van der Waals surface area contributed by atoms with E-state index in [-0.39, 0.29) is 0 Å². The van der Waals surface area contributed by atoms with Crippen LogP contribution in [0.1, 0.15) is 6.42 Å². The number of hydrogen-bond acceptors (Lipinski definition) is 3. The SMILES string of the molecule is C=CC(=O)OC[C@H](O)CC(F)(F)C(F)(F)C(F)(C(F)(F)F)C(F)(F)F. The predicted molar refractivity (Wildman–Crippen MR) is 57.6 cm³/mol. The van der Waals surface area contributed by atoms with Crippen molar-refractivity contribution in [1.82, 2.24) is 0 Å². The highest BCUT2D eigenvalue weighted by Gasteiger charge is 2.89. The van der Waals surface area contributed by atoms with E-state index in [1.54, 1.807) is 0 Å². The fourth-order valence-electron chi connectivity index (χ4n) is 1.49. The van der Waals surface area contributed by atoms with Crippen LogP contribution in [-0.2, 0) is 9.53 Å². The van der Waals surface area contributed by atoms with Crippen LogP contribution in [0.2, 0.25) is 0 Å². The summed E-state index contributed by atoms with van der Waals surface area (Å²) in [6.07, 6.45) is -20.0. The molecular formula is C11H9F11O3. The van der Waals surface area contributed by atoms with Crippen LogP contribution in [-0.4, -0.2) is 53.7 Å². The molecule has 0 aromatic rings. The summed E-state index contributed by atoms with van der Waals surface area (Å²) in [5.41, 5.74) is -7.59. The van der Waals surface area contributed by atoms with Crippen molar-refractivity contribution in [2.24, 2.45) is 0 Å². The van der Waals surface area contributed by atoms with Crippen LogP contribution in [0, 0.1) is 0 Å². The van der Waals surface area contributed by atoms with E-state index in [1.807, 2.05) is 0 Å². The number of alkyl halides is 11. The molecule has 1 N–H and O–H groups in total. The molecule has 0 aromatic carbocycles. The Morgan fingerprint density at radius 2 is 1.36 bits per heavy atom. The van der Waals surface area contributed by atoms with Gasteiger partial charge in [0.15, 0.2) is 0 Å². The van der Waals surface area contributed by atoms with Crippen LogP contribution in [0.3, 0.4) is 0 Å². The summed E-state index contributed by atoms with van der Waals surface area (Å²) in [7, 11) is 0. The van der Waals surface area contributed by atoms with Crippen LogP contribution in [0.15, 0.2) is 12.7 Å². The molecule has 0 bridgehead atoms. The highest BCUT2D eigenvalue weighted by Crippen LogP contribution is 2.59. The third-order valence-corrected chi connectivity index (χ3v) is 2.75. The van der Waals surface area contributed by atoms with Crippen molar-refractivity contribution in [3.05, 3.63) is 12.7 Å². The van der Waals surface area contributed by atoms with Gasteiger partial charge >= 0.3 is 35.8 Å². The molecule has 3 nitrogen and oxygen atoms in total. The van der Waals surface area contributed by atoms with Crippen LogP contribution in [0.5, 0.6) is 0 Å². The Bertz CT molecular complexity index is 480. The van der Waals surface area contributed by atoms with Gasteiger partial charge in [-0.1, -0.05) is 6.58 Å². The summed E-state index contributed by atoms with van der Waals surface area (Å²) in [4.78, 5) is 10.6. The van der Waals surface area contributed by atoms with Gasteiger partial charge in [-0.2, -0.15) is 43.9 Å². The molecule has 0 aromatic heterocycles. The smallest absolute Gasteiger partial charge is 0.438 e. The molecule has 25 heavy (non-hydrogen) atoms. The van der Waals surface area contributed by atoms with Gasteiger partial charge in [0.1, 0.15) is 6.61 Å². The molecule has 0 spiro atoms. The van der Waals surface area contributed by atoms with Gasteiger partial charge in [0, 0.05) is 12.5 Å². The molecule has 14 heteroatoms. The largest absolute Gasteiger partial charge is 0.460 e. The Labute approximate surface area is 132 Å². The molecule has 0 aliphatic rings. The summed E-state index contributed by atoms with van der Waals surface area (Å²) >= 11 is 0. The Morgan fingerprint density at radius 3 is 1.68 bits per heavy atom. The quantitative estimate of drug-likeness (QED) is 0.405. The van der Waals surface area contributed by atoms with Crippen molar-refractivity contribution in [2.75, 3.05) is 6.61 Å². The average Bonchev–Trinajstić information content (AvgIpc) is 2.40. The maximum Gasteiger partial charge on any atom is 0.438 e. The second kappa shape index (κ2) is 6.96. The lowest BCUT2D eigenvalue weighted by molar-refractivity contribution is -0.428. The minimum absolute atomic E-state index is 0.430. The topological polar surface area (TPSA) is 46.5 Å². The van der Waals surface area contributed by atoms with Crippen molar-refractivity contribution >= 4 is 5.97 Å². The number of halogens is 11. The van der Waals surface area contributed by atoms with E-state index < -0.39 is 55.0 Å². The second-order valence-corrected chi connectivity index (χ2v) is 4.62. The van der Waals surface area contributed by atoms with Crippen molar-refractivity contribution in [1.29, 1.82) is 0 Å². The number of carbonyl (C=O) groups excluding carboxylic acids is 1. The summed E-state index contributed by atoms with van der Waals surface area (Å²) in [6, 6.07) is 0. The fourth-order valence-corrected chi connectivity index (χ4v) is 1.49. The Hall–Kier alpha value is -1.60. The number of hydrogen-bond donors (Lipinski definition) is 1. The zero-order valence-corrected chi connectivity index (χ0v) is 11.7. The molecule has 0 saturated carbocycles. The Morgan fingerprint density at radius 1 is 0.960 bits per heavy atom. The lowest BCUT2D eigenvalue weighted by Crippen LogP contribution is -2.70. The summed E-state index contributed by atoms with van der Waals surface area (Å²) < 4.78 is 144. The molecular weight excluding hydrogens is 389 g/mol. The van der Waals surface area contributed by atoms with E-state index in [1.165, 1.54) is 0 Å².